The second kappa shape index (κ2) is 6.35. The number of hydrogen-bond acceptors (Lipinski definition) is 5. The van der Waals surface area contributed by atoms with Crippen molar-refractivity contribution in [2.75, 3.05) is 20.2 Å². The van der Waals surface area contributed by atoms with Crippen LogP contribution >= 0.6 is 0 Å². The molecule has 4 fully saturated rings. The summed E-state index contributed by atoms with van der Waals surface area (Å²) in [5.74, 6) is 0.854. The van der Waals surface area contributed by atoms with Gasteiger partial charge in [-0.3, -0.25) is 4.90 Å². The van der Waals surface area contributed by atoms with Crippen LogP contribution in [-0.2, 0) is 16.6 Å². The molecule has 0 amide bonds. The van der Waals surface area contributed by atoms with E-state index in [1.54, 1.807) is 13.2 Å². The van der Waals surface area contributed by atoms with Crippen molar-refractivity contribution in [2.24, 2.45) is 16.7 Å². The number of aliphatic hydroxyl groups is 1. The molecular formula is C28H39NO4. The Labute approximate surface area is 197 Å². The van der Waals surface area contributed by atoms with E-state index in [1.165, 1.54) is 11.1 Å². The minimum absolute atomic E-state index is 0.0227. The van der Waals surface area contributed by atoms with Crippen molar-refractivity contribution >= 4 is 0 Å². The molecule has 2 aliphatic heterocycles. The minimum Gasteiger partial charge on any atom is -0.504 e. The molecule has 4 bridgehead atoms. The lowest BCUT2D eigenvalue weighted by Gasteiger charge is -2.75. The number of methoxy groups -OCH3 is 1. The molecule has 1 aromatic carbocycles. The number of fused-ring (bicyclic) bond motifs is 2. The van der Waals surface area contributed by atoms with E-state index in [1.807, 2.05) is 13.0 Å². The molecule has 2 spiro atoms. The van der Waals surface area contributed by atoms with Crippen LogP contribution in [0.3, 0.4) is 0 Å². The van der Waals surface area contributed by atoms with Crippen molar-refractivity contribution in [3.05, 3.63) is 35.9 Å². The SMILES string of the molecule is C=CCN1CC[C@]23c4c5ccc(O)c4O[C@H]2[C@@]2(OC)CC[C@@]3(C[C@@H]2[C@](C)(O)C(C)(C)C)[C@H]1C5. The van der Waals surface area contributed by atoms with Crippen molar-refractivity contribution in [3.63, 3.8) is 0 Å². The van der Waals surface area contributed by atoms with Crippen LogP contribution in [0.4, 0.5) is 0 Å². The molecule has 2 N–H and O–H groups in total. The molecule has 1 aromatic rings. The second-order valence-corrected chi connectivity index (χ2v) is 12.6. The fourth-order valence-corrected chi connectivity index (χ4v) is 9.11. The average Bonchev–Trinajstić information content (AvgIpc) is 3.13. The zero-order valence-electron chi connectivity index (χ0n) is 20.8. The second-order valence-electron chi connectivity index (χ2n) is 12.6. The van der Waals surface area contributed by atoms with Crippen LogP contribution < -0.4 is 4.74 Å². The molecule has 5 heteroatoms. The normalized spacial score (nSPS) is 42.4. The topological polar surface area (TPSA) is 62.2 Å². The van der Waals surface area contributed by atoms with Crippen molar-refractivity contribution in [1.82, 2.24) is 4.90 Å². The summed E-state index contributed by atoms with van der Waals surface area (Å²) < 4.78 is 13.4. The van der Waals surface area contributed by atoms with Gasteiger partial charge in [0.15, 0.2) is 11.5 Å². The van der Waals surface area contributed by atoms with Gasteiger partial charge in [-0.25, -0.2) is 0 Å². The summed E-state index contributed by atoms with van der Waals surface area (Å²) >= 11 is 0. The first-order chi connectivity index (χ1) is 15.5. The van der Waals surface area contributed by atoms with Gasteiger partial charge in [0.25, 0.3) is 0 Å². The number of piperidine rings is 1. The monoisotopic (exact) mass is 453 g/mol. The maximum absolute atomic E-state index is 12.1. The summed E-state index contributed by atoms with van der Waals surface area (Å²) in [7, 11) is 1.81. The van der Waals surface area contributed by atoms with Crippen molar-refractivity contribution in [3.8, 4) is 11.5 Å². The fourth-order valence-electron chi connectivity index (χ4n) is 9.11. The fraction of sp³-hybridized carbons (Fsp3) is 0.714. The van der Waals surface area contributed by atoms with E-state index in [-0.39, 0.29) is 34.0 Å². The van der Waals surface area contributed by atoms with Crippen LogP contribution in [0.15, 0.2) is 24.8 Å². The van der Waals surface area contributed by atoms with Gasteiger partial charge < -0.3 is 19.7 Å². The minimum atomic E-state index is -0.934. The van der Waals surface area contributed by atoms with E-state index in [9.17, 15) is 10.2 Å². The van der Waals surface area contributed by atoms with Crippen LogP contribution in [0.2, 0.25) is 0 Å². The van der Waals surface area contributed by atoms with Crippen LogP contribution in [-0.4, -0.2) is 58.7 Å². The molecule has 4 aliphatic carbocycles. The highest BCUT2D eigenvalue weighted by molar-refractivity contribution is 5.63. The number of rotatable bonds is 4. The van der Waals surface area contributed by atoms with Gasteiger partial charge in [0.1, 0.15) is 11.7 Å². The molecule has 6 aliphatic rings. The number of aromatic hydroxyl groups is 1. The standard InChI is InChI=1S/C28H39NO4/c1-7-13-29-14-12-27-21-17-8-9-18(30)22(21)33-23(27)28(32-6)11-10-26(27,20(29)15-17)16-19(28)25(5,31)24(2,3)4/h7-9,19-20,23,30-31H,1,10-16H2,2-6H3/t19-,20-,23-,25+,26-,27+,28-/m1/s1. The van der Waals surface area contributed by atoms with Gasteiger partial charge in [0.05, 0.1) is 5.60 Å². The number of likely N-dealkylation sites (tertiary alicyclic amines) is 1. The Hall–Kier alpha value is -1.56. The van der Waals surface area contributed by atoms with E-state index >= 15 is 0 Å². The lowest BCUT2D eigenvalue weighted by molar-refractivity contribution is -0.312. The number of ether oxygens (including phenoxy) is 2. The van der Waals surface area contributed by atoms with Crippen LogP contribution in [0.5, 0.6) is 11.5 Å². The average molecular weight is 454 g/mol. The van der Waals surface area contributed by atoms with E-state index in [0.717, 1.165) is 45.2 Å². The Kier molecular flexibility index (Phi) is 4.22. The van der Waals surface area contributed by atoms with Crippen molar-refractivity contribution < 1.29 is 19.7 Å². The Morgan fingerprint density at radius 3 is 2.67 bits per heavy atom. The van der Waals surface area contributed by atoms with Gasteiger partial charge in [-0.15, -0.1) is 6.58 Å². The first kappa shape index (κ1) is 21.9. The number of benzene rings is 1. The van der Waals surface area contributed by atoms with Gasteiger partial charge in [-0.1, -0.05) is 32.9 Å². The summed E-state index contributed by atoms with van der Waals surface area (Å²) in [5, 5.41) is 23.0. The quantitative estimate of drug-likeness (QED) is 0.670. The third kappa shape index (κ3) is 2.21. The zero-order valence-corrected chi connectivity index (χ0v) is 20.8. The molecule has 5 nitrogen and oxygen atoms in total. The highest BCUT2D eigenvalue weighted by Crippen LogP contribution is 2.77. The first-order valence-electron chi connectivity index (χ1n) is 12.6. The molecule has 2 heterocycles. The molecule has 3 saturated carbocycles. The lowest BCUT2D eigenvalue weighted by Crippen LogP contribution is -2.83. The predicted molar refractivity (Wildman–Crippen MR) is 128 cm³/mol. The van der Waals surface area contributed by atoms with E-state index < -0.39 is 11.2 Å². The predicted octanol–water partition coefficient (Wildman–Crippen LogP) is 4.19. The van der Waals surface area contributed by atoms with Crippen LogP contribution in [0.25, 0.3) is 0 Å². The van der Waals surface area contributed by atoms with Gasteiger partial charge in [0.2, 0.25) is 0 Å². The van der Waals surface area contributed by atoms with Gasteiger partial charge in [0, 0.05) is 42.0 Å². The summed E-state index contributed by atoms with van der Waals surface area (Å²) in [6.07, 6.45) is 6.62. The van der Waals surface area contributed by atoms with E-state index in [2.05, 4.69) is 38.3 Å². The molecule has 33 heavy (non-hydrogen) atoms. The third-order valence-corrected chi connectivity index (χ3v) is 11.0. The van der Waals surface area contributed by atoms with Crippen molar-refractivity contribution in [1.29, 1.82) is 0 Å². The number of nitrogens with zero attached hydrogens (tertiary/aromatic N) is 1. The maximum Gasteiger partial charge on any atom is 0.165 e. The molecule has 0 radical (unpaired) electrons. The van der Waals surface area contributed by atoms with Gasteiger partial charge in [-0.05, 0) is 62.6 Å². The maximum atomic E-state index is 12.1. The highest BCUT2D eigenvalue weighted by atomic mass is 16.6. The third-order valence-electron chi connectivity index (χ3n) is 11.0. The van der Waals surface area contributed by atoms with E-state index in [4.69, 9.17) is 9.47 Å². The highest BCUT2D eigenvalue weighted by Gasteiger charge is 2.82. The Morgan fingerprint density at radius 2 is 2.00 bits per heavy atom. The molecule has 7 rings (SSSR count). The summed E-state index contributed by atoms with van der Waals surface area (Å²) in [4.78, 5) is 2.62. The zero-order chi connectivity index (χ0) is 23.6. The molecule has 7 atom stereocenters. The first-order valence-corrected chi connectivity index (χ1v) is 12.6. The number of phenols is 1. The number of phenolic OH excluding ortho intramolecular Hbond substituents is 1. The molecule has 0 aromatic heterocycles. The largest absolute Gasteiger partial charge is 0.504 e. The Morgan fingerprint density at radius 1 is 1.24 bits per heavy atom. The van der Waals surface area contributed by atoms with Crippen LogP contribution in [0.1, 0.15) is 64.5 Å². The Balaban J connectivity index is 1.64. The number of hydrogen-bond donors (Lipinski definition) is 2. The Bertz CT molecular complexity index is 1030. The smallest absolute Gasteiger partial charge is 0.165 e. The molecule has 180 valence electrons. The molecule has 1 saturated heterocycles. The molecular weight excluding hydrogens is 414 g/mol. The summed E-state index contributed by atoms with van der Waals surface area (Å²) in [6, 6.07) is 4.29. The van der Waals surface area contributed by atoms with Crippen molar-refractivity contribution in [2.45, 2.75) is 88.6 Å². The van der Waals surface area contributed by atoms with Gasteiger partial charge in [-0.2, -0.15) is 0 Å². The van der Waals surface area contributed by atoms with E-state index in [0.29, 0.717) is 11.8 Å². The van der Waals surface area contributed by atoms with Crippen LogP contribution in [0, 0.1) is 16.7 Å². The van der Waals surface area contributed by atoms with Gasteiger partial charge >= 0.3 is 0 Å². The lowest BCUT2D eigenvalue weighted by atomic mass is 9.33. The summed E-state index contributed by atoms with van der Waals surface area (Å²) in [5.41, 5.74) is 0.513. The molecule has 0 unspecified atom stereocenters. The summed E-state index contributed by atoms with van der Waals surface area (Å²) in [6.45, 7) is 14.3.